The lowest BCUT2D eigenvalue weighted by molar-refractivity contribution is 0.0219. The molecule has 3 heterocycles. The van der Waals surface area contributed by atoms with Crippen molar-refractivity contribution in [2.45, 2.75) is 51.1 Å². The summed E-state index contributed by atoms with van der Waals surface area (Å²) in [5.74, 6) is 1.20. The van der Waals surface area contributed by atoms with E-state index in [4.69, 9.17) is 4.74 Å². The third kappa shape index (κ3) is 5.15. The highest BCUT2D eigenvalue weighted by atomic mass is 32.2. The molecule has 2 saturated heterocycles. The first-order valence-corrected chi connectivity index (χ1v) is 15.2. The van der Waals surface area contributed by atoms with Crippen LogP contribution in [0.15, 0.2) is 12.1 Å². The van der Waals surface area contributed by atoms with Crippen molar-refractivity contribution in [1.82, 2.24) is 18.2 Å². The zero-order chi connectivity index (χ0) is 24.7. The van der Waals surface area contributed by atoms with Crippen LogP contribution in [0, 0.1) is 12.8 Å². The normalized spacial score (nSPS) is 26.1. The van der Waals surface area contributed by atoms with E-state index >= 15 is 0 Å². The number of ether oxygens (including phenoxy) is 1. The molecule has 3 aliphatic heterocycles. The topological polar surface area (TPSA) is 99.3 Å². The number of nitrogens with one attached hydrogen (secondary N) is 1. The fourth-order valence-corrected chi connectivity index (χ4v) is 8.30. The van der Waals surface area contributed by atoms with Crippen molar-refractivity contribution in [3.05, 3.63) is 28.8 Å². The van der Waals surface area contributed by atoms with Gasteiger partial charge in [-0.2, -0.15) is 17.0 Å². The van der Waals surface area contributed by atoms with Gasteiger partial charge >= 0.3 is 0 Å². The van der Waals surface area contributed by atoms with E-state index in [2.05, 4.69) is 28.7 Å². The Kier molecular flexibility index (Phi) is 7.62. The molecule has 0 aliphatic carbocycles. The first kappa shape index (κ1) is 25.8. The van der Waals surface area contributed by atoms with Crippen LogP contribution in [0.1, 0.15) is 48.4 Å². The lowest BCUT2D eigenvalue weighted by Gasteiger charge is -2.51. The van der Waals surface area contributed by atoms with Crippen molar-refractivity contribution in [3.63, 3.8) is 0 Å². The van der Waals surface area contributed by atoms with E-state index in [1.165, 1.54) is 25.2 Å². The summed E-state index contributed by atoms with van der Waals surface area (Å²) >= 11 is 0. The number of benzene rings is 1. The van der Waals surface area contributed by atoms with Gasteiger partial charge in [0, 0.05) is 52.4 Å². The van der Waals surface area contributed by atoms with Gasteiger partial charge in [0.25, 0.3) is 10.2 Å². The lowest BCUT2D eigenvalue weighted by Crippen LogP contribution is -2.57. The number of aryl methyl sites for hydroxylation is 1. The minimum Gasteiger partial charge on any atom is -0.496 e. The van der Waals surface area contributed by atoms with Crippen molar-refractivity contribution in [2.24, 2.45) is 5.92 Å². The maximum atomic E-state index is 13.4. The van der Waals surface area contributed by atoms with Crippen molar-refractivity contribution < 1.29 is 21.6 Å². The quantitative estimate of drug-likeness (QED) is 0.528. The van der Waals surface area contributed by atoms with E-state index < -0.39 is 20.2 Å². The second-order valence-electron chi connectivity index (χ2n) is 9.95. The summed E-state index contributed by atoms with van der Waals surface area (Å²) in [4.78, 5) is 2.54. The van der Waals surface area contributed by atoms with Crippen LogP contribution in [-0.4, -0.2) is 89.5 Å². The van der Waals surface area contributed by atoms with Gasteiger partial charge in [0.15, 0.2) is 0 Å². The summed E-state index contributed by atoms with van der Waals surface area (Å²) in [6.45, 7) is 4.63. The van der Waals surface area contributed by atoms with Gasteiger partial charge in [0.05, 0.1) is 12.9 Å². The molecule has 0 unspecified atom stereocenters. The van der Waals surface area contributed by atoms with E-state index in [1.54, 1.807) is 11.4 Å². The van der Waals surface area contributed by atoms with Gasteiger partial charge in [-0.15, -0.1) is 0 Å². The number of rotatable bonds is 8. The van der Waals surface area contributed by atoms with Gasteiger partial charge in [-0.25, -0.2) is 13.1 Å². The van der Waals surface area contributed by atoms with Gasteiger partial charge in [-0.1, -0.05) is 6.07 Å². The Balaban J connectivity index is 1.48. The maximum absolute atomic E-state index is 13.4. The van der Waals surface area contributed by atoms with Crippen molar-refractivity contribution in [3.8, 4) is 5.75 Å². The van der Waals surface area contributed by atoms with E-state index in [0.717, 1.165) is 54.4 Å². The third-order valence-electron chi connectivity index (χ3n) is 7.63. The van der Waals surface area contributed by atoms with Crippen LogP contribution in [-0.2, 0) is 26.7 Å². The van der Waals surface area contributed by atoms with Crippen LogP contribution in [0.2, 0.25) is 0 Å². The van der Waals surface area contributed by atoms with Crippen LogP contribution in [0.4, 0.5) is 0 Å². The first-order chi connectivity index (χ1) is 16.0. The number of fused-ring (bicyclic) bond motifs is 4. The molecule has 0 saturated carbocycles. The average Bonchev–Trinajstić information content (AvgIpc) is 2.79. The zero-order valence-corrected chi connectivity index (χ0v) is 22.3. The molecular formula is C23H38N4O5S2. The minimum atomic E-state index is -3.55. The molecule has 1 N–H and O–H groups in total. The minimum absolute atomic E-state index is 0.00757. The Labute approximate surface area is 204 Å². The van der Waals surface area contributed by atoms with Crippen LogP contribution < -0.4 is 9.46 Å². The molecule has 3 atom stereocenters. The number of hydrogen-bond donors (Lipinski definition) is 1. The SMILES string of the molecule is COc1cc2c(cc1C)[C@@H]1C[C@@H]3[C@@H](CCCN3S(=O)(=O)CCCNS(=O)(=O)N(C)C)CN1CC2. The van der Waals surface area contributed by atoms with Crippen LogP contribution in [0.3, 0.4) is 0 Å². The van der Waals surface area contributed by atoms with Crippen LogP contribution in [0.5, 0.6) is 5.75 Å². The standard InChI is InChI=1S/C23H38N4O5S2/c1-17-13-20-18(14-23(17)32-4)8-11-26-16-19-7-5-10-27(21(19)15-22(20)26)33(28,29)12-6-9-24-34(30,31)25(2)3/h13-14,19,21-22,24H,5-12,15-16H2,1-4H3/t19-,21+,22-/m0/s1. The van der Waals surface area contributed by atoms with E-state index in [-0.39, 0.29) is 30.8 Å². The number of piperidine rings is 2. The number of hydrogen-bond acceptors (Lipinski definition) is 6. The third-order valence-corrected chi connectivity index (χ3v) is 11.1. The van der Waals surface area contributed by atoms with E-state index in [0.29, 0.717) is 12.5 Å². The Bertz CT molecular complexity index is 1110. The number of nitrogens with zero attached hydrogens (tertiary/aromatic N) is 3. The monoisotopic (exact) mass is 514 g/mol. The molecule has 0 radical (unpaired) electrons. The van der Waals surface area contributed by atoms with Crippen molar-refractivity contribution in [1.29, 1.82) is 0 Å². The van der Waals surface area contributed by atoms with Gasteiger partial charge in [0.2, 0.25) is 10.0 Å². The Morgan fingerprint density at radius 3 is 2.65 bits per heavy atom. The van der Waals surface area contributed by atoms with Gasteiger partial charge in [-0.3, -0.25) is 4.90 Å². The molecule has 2 fully saturated rings. The molecule has 1 aromatic carbocycles. The van der Waals surface area contributed by atoms with Crippen LogP contribution in [0.25, 0.3) is 0 Å². The molecule has 34 heavy (non-hydrogen) atoms. The van der Waals surface area contributed by atoms with Gasteiger partial charge in [-0.05, 0) is 67.7 Å². The second kappa shape index (κ2) is 10.0. The Morgan fingerprint density at radius 2 is 1.94 bits per heavy atom. The molecule has 0 bridgehead atoms. The smallest absolute Gasteiger partial charge is 0.278 e. The summed E-state index contributed by atoms with van der Waals surface area (Å²) in [6, 6.07) is 4.59. The Hall–Kier alpha value is -1.24. The lowest BCUT2D eigenvalue weighted by atomic mass is 9.77. The molecular weight excluding hydrogens is 476 g/mol. The molecule has 0 aromatic heterocycles. The highest BCUT2D eigenvalue weighted by Crippen LogP contribution is 2.44. The van der Waals surface area contributed by atoms with Crippen LogP contribution >= 0.6 is 0 Å². The predicted molar refractivity (Wildman–Crippen MR) is 133 cm³/mol. The number of sulfonamides is 1. The second-order valence-corrected chi connectivity index (χ2v) is 14.0. The largest absolute Gasteiger partial charge is 0.496 e. The highest BCUT2D eigenvalue weighted by Gasteiger charge is 2.45. The summed E-state index contributed by atoms with van der Waals surface area (Å²) in [5.41, 5.74) is 3.73. The fraction of sp³-hybridized carbons (Fsp3) is 0.739. The number of methoxy groups -OCH3 is 1. The highest BCUT2D eigenvalue weighted by molar-refractivity contribution is 7.89. The molecule has 192 valence electrons. The summed E-state index contributed by atoms with van der Waals surface area (Å²) in [5, 5.41) is 0. The van der Waals surface area contributed by atoms with Gasteiger partial charge in [0.1, 0.15) is 5.75 Å². The first-order valence-electron chi connectivity index (χ1n) is 12.1. The Morgan fingerprint density at radius 1 is 1.18 bits per heavy atom. The summed E-state index contributed by atoms with van der Waals surface area (Å²) in [7, 11) is -2.44. The summed E-state index contributed by atoms with van der Waals surface area (Å²) in [6.07, 6.45) is 3.97. The van der Waals surface area contributed by atoms with Crippen molar-refractivity contribution >= 4 is 20.2 Å². The molecule has 1 aromatic rings. The molecule has 0 spiro atoms. The van der Waals surface area contributed by atoms with Crippen molar-refractivity contribution in [2.75, 3.05) is 53.1 Å². The average molecular weight is 515 g/mol. The molecule has 11 heteroatoms. The zero-order valence-electron chi connectivity index (χ0n) is 20.7. The molecule has 3 aliphatic rings. The predicted octanol–water partition coefficient (Wildman–Crippen LogP) is 1.50. The fourth-order valence-electron chi connectivity index (χ4n) is 5.81. The maximum Gasteiger partial charge on any atom is 0.278 e. The molecule has 4 rings (SSSR count). The summed E-state index contributed by atoms with van der Waals surface area (Å²) < 4.78 is 61.3. The van der Waals surface area contributed by atoms with E-state index in [9.17, 15) is 16.8 Å². The van der Waals surface area contributed by atoms with E-state index in [1.807, 2.05) is 0 Å². The molecule has 0 amide bonds. The van der Waals surface area contributed by atoms with Gasteiger partial charge < -0.3 is 4.74 Å². The molecule has 9 nitrogen and oxygen atoms in total.